The lowest BCUT2D eigenvalue weighted by Crippen LogP contribution is -2.37. The van der Waals surface area contributed by atoms with E-state index in [1.54, 1.807) is 18.0 Å². The van der Waals surface area contributed by atoms with Crippen LogP contribution in [0.3, 0.4) is 0 Å². The van der Waals surface area contributed by atoms with Gasteiger partial charge < -0.3 is 14.4 Å². The van der Waals surface area contributed by atoms with Gasteiger partial charge in [0.05, 0.1) is 17.5 Å². The molecular weight excluding hydrogens is 348 g/mol. The van der Waals surface area contributed by atoms with Gasteiger partial charge in [-0.15, -0.1) is 11.8 Å². The number of amides is 1. The number of hydrogen-bond donors (Lipinski definition) is 0. The minimum absolute atomic E-state index is 0.00272. The molecular formula is C20H22N2O3S. The van der Waals surface area contributed by atoms with Crippen LogP contribution >= 0.6 is 11.8 Å². The monoisotopic (exact) mass is 370 g/mol. The highest BCUT2D eigenvalue weighted by molar-refractivity contribution is 8.00. The SMILES string of the molecule is CC(c1ccccn1)N(C(=O)CSc1ccc2c(c1)OCCO2)C1CC1. The predicted octanol–water partition coefficient (Wildman–Crippen LogP) is 3.70. The fourth-order valence-electron chi connectivity index (χ4n) is 3.19. The van der Waals surface area contributed by atoms with Crippen LogP contribution in [0.2, 0.25) is 0 Å². The van der Waals surface area contributed by atoms with Crippen LogP contribution in [0, 0.1) is 0 Å². The van der Waals surface area contributed by atoms with E-state index in [0.717, 1.165) is 34.9 Å². The zero-order valence-corrected chi connectivity index (χ0v) is 15.6. The molecule has 0 N–H and O–H groups in total. The minimum atomic E-state index is -0.00272. The molecule has 1 saturated carbocycles. The van der Waals surface area contributed by atoms with Gasteiger partial charge in [-0.2, -0.15) is 0 Å². The number of benzene rings is 1. The first-order chi connectivity index (χ1) is 12.7. The molecule has 2 heterocycles. The molecule has 4 rings (SSSR count). The lowest BCUT2D eigenvalue weighted by atomic mass is 10.1. The highest BCUT2D eigenvalue weighted by atomic mass is 32.2. The molecule has 1 aromatic carbocycles. The summed E-state index contributed by atoms with van der Waals surface area (Å²) in [7, 11) is 0. The lowest BCUT2D eigenvalue weighted by molar-refractivity contribution is -0.131. The Balaban J connectivity index is 1.42. The molecule has 0 bridgehead atoms. The van der Waals surface area contributed by atoms with Crippen molar-refractivity contribution in [3.63, 3.8) is 0 Å². The number of rotatable bonds is 6. The largest absolute Gasteiger partial charge is 0.486 e. The van der Waals surface area contributed by atoms with E-state index in [-0.39, 0.29) is 11.9 Å². The quantitative estimate of drug-likeness (QED) is 0.726. The summed E-state index contributed by atoms with van der Waals surface area (Å²) in [5.74, 6) is 2.10. The third-order valence-corrected chi connectivity index (χ3v) is 5.62. The first-order valence-corrected chi connectivity index (χ1v) is 9.95. The van der Waals surface area contributed by atoms with Crippen molar-refractivity contribution in [2.24, 2.45) is 0 Å². The van der Waals surface area contributed by atoms with E-state index < -0.39 is 0 Å². The molecule has 1 aromatic heterocycles. The Morgan fingerprint density at radius 1 is 1.23 bits per heavy atom. The first kappa shape index (κ1) is 17.2. The van der Waals surface area contributed by atoms with Crippen LogP contribution in [-0.4, -0.2) is 40.8 Å². The summed E-state index contributed by atoms with van der Waals surface area (Å²) in [5, 5.41) is 0. The number of aromatic nitrogens is 1. The summed E-state index contributed by atoms with van der Waals surface area (Å²) in [5.41, 5.74) is 0.942. The van der Waals surface area contributed by atoms with Gasteiger partial charge in [-0.1, -0.05) is 6.07 Å². The second kappa shape index (κ2) is 7.58. The lowest BCUT2D eigenvalue weighted by Gasteiger charge is -2.29. The zero-order valence-electron chi connectivity index (χ0n) is 14.8. The smallest absolute Gasteiger partial charge is 0.233 e. The average Bonchev–Trinajstić information content (AvgIpc) is 3.52. The molecule has 0 radical (unpaired) electrons. The van der Waals surface area contributed by atoms with Crippen molar-refractivity contribution in [1.29, 1.82) is 0 Å². The van der Waals surface area contributed by atoms with E-state index in [1.807, 2.05) is 41.3 Å². The molecule has 1 unspecified atom stereocenters. The van der Waals surface area contributed by atoms with Crippen LogP contribution < -0.4 is 9.47 Å². The van der Waals surface area contributed by atoms with E-state index in [2.05, 4.69) is 11.9 Å². The molecule has 1 aliphatic heterocycles. The molecule has 2 aliphatic rings. The third kappa shape index (κ3) is 3.80. The average molecular weight is 370 g/mol. The van der Waals surface area contributed by atoms with Gasteiger partial charge in [-0.3, -0.25) is 9.78 Å². The normalized spacial score (nSPS) is 16.8. The molecule has 6 heteroatoms. The number of hydrogen-bond acceptors (Lipinski definition) is 5. The Bertz CT molecular complexity index is 780. The van der Waals surface area contributed by atoms with E-state index in [9.17, 15) is 4.79 Å². The highest BCUT2D eigenvalue weighted by Crippen LogP contribution is 2.37. The van der Waals surface area contributed by atoms with E-state index >= 15 is 0 Å². The van der Waals surface area contributed by atoms with Gasteiger partial charge in [-0.05, 0) is 50.1 Å². The van der Waals surface area contributed by atoms with Crippen molar-refractivity contribution in [2.75, 3.05) is 19.0 Å². The molecule has 1 amide bonds. The number of pyridine rings is 1. The van der Waals surface area contributed by atoms with Gasteiger partial charge in [0, 0.05) is 17.1 Å². The van der Waals surface area contributed by atoms with Crippen LogP contribution in [0.25, 0.3) is 0 Å². The Morgan fingerprint density at radius 2 is 2.04 bits per heavy atom. The van der Waals surface area contributed by atoms with Crippen LogP contribution in [0.5, 0.6) is 11.5 Å². The number of fused-ring (bicyclic) bond motifs is 1. The van der Waals surface area contributed by atoms with Crippen molar-refractivity contribution in [3.05, 3.63) is 48.3 Å². The first-order valence-electron chi connectivity index (χ1n) is 8.97. The third-order valence-electron chi connectivity index (χ3n) is 4.64. The Hall–Kier alpha value is -2.21. The van der Waals surface area contributed by atoms with Crippen molar-refractivity contribution >= 4 is 17.7 Å². The number of ether oxygens (including phenoxy) is 2. The predicted molar refractivity (Wildman–Crippen MR) is 101 cm³/mol. The molecule has 136 valence electrons. The summed E-state index contributed by atoms with van der Waals surface area (Å²) in [6.07, 6.45) is 3.94. The molecule has 26 heavy (non-hydrogen) atoms. The Labute approximate surface area is 157 Å². The Kier molecular flexibility index (Phi) is 5.02. The molecule has 2 aromatic rings. The maximum Gasteiger partial charge on any atom is 0.233 e. The van der Waals surface area contributed by atoms with Crippen molar-refractivity contribution < 1.29 is 14.3 Å². The summed E-state index contributed by atoms with van der Waals surface area (Å²) in [6, 6.07) is 12.1. The van der Waals surface area contributed by atoms with E-state index in [4.69, 9.17) is 9.47 Å². The van der Waals surface area contributed by atoms with Crippen molar-refractivity contribution in [1.82, 2.24) is 9.88 Å². The Morgan fingerprint density at radius 3 is 2.77 bits per heavy atom. The second-order valence-corrected chi connectivity index (χ2v) is 7.61. The summed E-state index contributed by atoms with van der Waals surface area (Å²) in [4.78, 5) is 20.4. The molecule has 1 fully saturated rings. The van der Waals surface area contributed by atoms with Gasteiger partial charge in [-0.25, -0.2) is 0 Å². The molecule has 0 spiro atoms. The summed E-state index contributed by atoms with van der Waals surface area (Å²) in [6.45, 7) is 3.21. The molecule has 5 nitrogen and oxygen atoms in total. The maximum atomic E-state index is 12.9. The second-order valence-electron chi connectivity index (χ2n) is 6.56. The number of thioether (sulfide) groups is 1. The van der Waals surface area contributed by atoms with Crippen LogP contribution in [0.4, 0.5) is 0 Å². The van der Waals surface area contributed by atoms with Gasteiger partial charge in [0.25, 0.3) is 0 Å². The maximum absolute atomic E-state index is 12.9. The fourth-order valence-corrected chi connectivity index (χ4v) is 3.98. The number of carbonyl (C=O) groups excluding carboxylic acids is 1. The number of carbonyl (C=O) groups is 1. The van der Waals surface area contributed by atoms with Crippen molar-refractivity contribution in [3.8, 4) is 11.5 Å². The fraction of sp³-hybridized carbons (Fsp3) is 0.400. The molecule has 1 atom stereocenters. The van der Waals surface area contributed by atoms with E-state index in [0.29, 0.717) is 25.0 Å². The van der Waals surface area contributed by atoms with E-state index in [1.165, 1.54) is 0 Å². The minimum Gasteiger partial charge on any atom is -0.486 e. The van der Waals surface area contributed by atoms with Gasteiger partial charge in [0.15, 0.2) is 11.5 Å². The van der Waals surface area contributed by atoms with Crippen LogP contribution in [0.15, 0.2) is 47.5 Å². The topological polar surface area (TPSA) is 51.7 Å². The highest BCUT2D eigenvalue weighted by Gasteiger charge is 2.36. The standard InChI is InChI=1S/C20H22N2O3S/c1-14(17-4-2-3-9-21-17)22(15-5-6-15)20(23)13-26-16-7-8-18-19(12-16)25-11-10-24-18/h2-4,7-9,12,14-15H,5-6,10-11,13H2,1H3. The summed E-state index contributed by atoms with van der Waals surface area (Å²) >= 11 is 1.54. The van der Waals surface area contributed by atoms with Crippen LogP contribution in [-0.2, 0) is 4.79 Å². The molecule has 0 saturated heterocycles. The molecule has 1 aliphatic carbocycles. The van der Waals surface area contributed by atoms with Gasteiger partial charge in [0.2, 0.25) is 5.91 Å². The van der Waals surface area contributed by atoms with Gasteiger partial charge >= 0.3 is 0 Å². The van der Waals surface area contributed by atoms with Gasteiger partial charge in [0.1, 0.15) is 13.2 Å². The summed E-state index contributed by atoms with van der Waals surface area (Å²) < 4.78 is 11.2. The van der Waals surface area contributed by atoms with Crippen LogP contribution in [0.1, 0.15) is 31.5 Å². The zero-order chi connectivity index (χ0) is 17.9. The van der Waals surface area contributed by atoms with Crippen molar-refractivity contribution in [2.45, 2.75) is 36.7 Å². The number of nitrogens with zero attached hydrogens (tertiary/aromatic N) is 2.